The Morgan fingerprint density at radius 2 is 1.90 bits per heavy atom. The second-order valence-electron chi connectivity index (χ2n) is 6.49. The number of sulfonamides is 1. The number of esters is 1. The van der Waals surface area contributed by atoms with Gasteiger partial charge >= 0.3 is 5.97 Å². The van der Waals surface area contributed by atoms with Crippen molar-refractivity contribution in [3.05, 3.63) is 64.6 Å². The number of carbonyl (C=O) groups is 1. The fourth-order valence-electron chi connectivity index (χ4n) is 3.20. The number of pyridine rings is 1. The average molecular weight is 427 g/mol. The molecule has 0 aliphatic carbocycles. The Balaban J connectivity index is 1.85. The number of carbonyl (C=O) groups excluding carboxylic acids is 1. The maximum Gasteiger partial charge on any atom is 0.340 e. The van der Waals surface area contributed by atoms with E-state index in [1.807, 2.05) is 0 Å². The molecule has 4 aromatic rings. The first-order valence-electron chi connectivity index (χ1n) is 8.96. The number of hydrogen-bond acceptors (Lipinski definition) is 6. The first-order valence-corrected chi connectivity index (χ1v) is 10.4. The van der Waals surface area contributed by atoms with Crippen LogP contribution in [0.2, 0.25) is 0 Å². The number of aromatic amines is 2. The number of fused-ring (bicyclic) bond motifs is 3. The predicted octanol–water partition coefficient (Wildman–Crippen LogP) is 2.69. The Morgan fingerprint density at radius 1 is 1.17 bits per heavy atom. The van der Waals surface area contributed by atoms with Crippen LogP contribution in [0.15, 0.2) is 58.4 Å². The minimum absolute atomic E-state index is 0.0270. The summed E-state index contributed by atoms with van der Waals surface area (Å²) < 4.78 is 32.8. The van der Waals surface area contributed by atoms with E-state index in [1.165, 1.54) is 42.6 Å². The lowest BCUT2D eigenvalue weighted by Crippen LogP contribution is -2.13. The van der Waals surface area contributed by atoms with Crippen molar-refractivity contribution in [3.63, 3.8) is 0 Å². The van der Waals surface area contributed by atoms with Gasteiger partial charge in [0.05, 0.1) is 17.1 Å². The molecule has 154 valence electrons. The molecule has 10 heteroatoms. The number of ether oxygens (including phenoxy) is 1. The summed E-state index contributed by atoms with van der Waals surface area (Å²) in [6.07, 6.45) is 1.39. The Labute approximate surface area is 170 Å². The predicted molar refractivity (Wildman–Crippen MR) is 111 cm³/mol. The van der Waals surface area contributed by atoms with E-state index in [0.717, 1.165) is 0 Å². The fourth-order valence-corrected chi connectivity index (χ4v) is 4.25. The number of phenolic OH excluding ortho intramolecular Hbond substituents is 1. The van der Waals surface area contributed by atoms with Gasteiger partial charge in [0.1, 0.15) is 11.3 Å². The second-order valence-corrected chi connectivity index (χ2v) is 8.17. The van der Waals surface area contributed by atoms with E-state index in [0.29, 0.717) is 16.3 Å². The van der Waals surface area contributed by atoms with Crippen molar-refractivity contribution in [2.24, 2.45) is 0 Å². The van der Waals surface area contributed by atoms with Gasteiger partial charge in [0.15, 0.2) is 0 Å². The lowest BCUT2D eigenvalue weighted by Gasteiger charge is -2.10. The molecule has 0 atom stereocenters. The average Bonchev–Trinajstić information content (AvgIpc) is 3.15. The van der Waals surface area contributed by atoms with Crippen molar-refractivity contribution in [2.75, 3.05) is 11.3 Å². The summed E-state index contributed by atoms with van der Waals surface area (Å²) in [6, 6.07) is 9.68. The molecule has 0 bridgehead atoms. The standard InChI is InChI=1S/C20H17N3O6S/c1-2-29-20(26)15-10-21-18-17(15)14-9-11(3-8-16(14)22-19(18)25)23-30(27,28)13-6-4-12(24)5-7-13/h3-10,21,23-24H,2H2,1H3,(H,22,25). The number of aromatic nitrogens is 2. The molecule has 0 aliphatic rings. The highest BCUT2D eigenvalue weighted by Gasteiger charge is 2.19. The van der Waals surface area contributed by atoms with E-state index in [-0.39, 0.29) is 34.0 Å². The van der Waals surface area contributed by atoms with Gasteiger partial charge in [-0.1, -0.05) is 0 Å². The van der Waals surface area contributed by atoms with Crippen molar-refractivity contribution in [1.82, 2.24) is 9.97 Å². The maximum atomic E-state index is 12.6. The Bertz CT molecular complexity index is 1440. The van der Waals surface area contributed by atoms with Gasteiger partial charge in [0, 0.05) is 28.2 Å². The fraction of sp³-hybridized carbons (Fsp3) is 0.100. The number of phenols is 1. The van der Waals surface area contributed by atoms with Crippen molar-refractivity contribution in [2.45, 2.75) is 11.8 Å². The minimum atomic E-state index is -3.91. The summed E-state index contributed by atoms with van der Waals surface area (Å²) >= 11 is 0. The van der Waals surface area contributed by atoms with Crippen LogP contribution in [0.3, 0.4) is 0 Å². The molecule has 2 heterocycles. The summed E-state index contributed by atoms with van der Waals surface area (Å²) in [5.74, 6) is -0.643. The van der Waals surface area contributed by atoms with Crippen LogP contribution in [0.5, 0.6) is 5.75 Å². The van der Waals surface area contributed by atoms with Gasteiger partial charge in [0.2, 0.25) is 0 Å². The number of H-pyrrole nitrogens is 2. The molecular weight excluding hydrogens is 410 g/mol. The quantitative estimate of drug-likeness (QED) is 0.361. The Morgan fingerprint density at radius 3 is 2.60 bits per heavy atom. The third-order valence-electron chi connectivity index (χ3n) is 4.54. The summed E-state index contributed by atoms with van der Waals surface area (Å²) in [4.78, 5) is 30.1. The van der Waals surface area contributed by atoms with Crippen LogP contribution in [-0.4, -0.2) is 36.1 Å². The van der Waals surface area contributed by atoms with Gasteiger partial charge in [-0.15, -0.1) is 0 Å². The van der Waals surface area contributed by atoms with Crippen LogP contribution < -0.4 is 10.3 Å². The number of rotatable bonds is 5. The minimum Gasteiger partial charge on any atom is -0.508 e. The van der Waals surface area contributed by atoms with Crippen molar-refractivity contribution in [3.8, 4) is 5.75 Å². The Kier molecular flexibility index (Phi) is 4.70. The Hall–Kier alpha value is -3.79. The molecular formula is C20H17N3O6S. The topological polar surface area (TPSA) is 141 Å². The molecule has 2 aromatic heterocycles. The van der Waals surface area contributed by atoms with E-state index >= 15 is 0 Å². The molecule has 4 N–H and O–H groups in total. The molecule has 0 saturated heterocycles. The van der Waals surface area contributed by atoms with Crippen LogP contribution in [0.25, 0.3) is 21.8 Å². The lowest BCUT2D eigenvalue weighted by molar-refractivity contribution is 0.0529. The highest BCUT2D eigenvalue weighted by atomic mass is 32.2. The molecule has 4 rings (SSSR count). The molecule has 2 aromatic carbocycles. The number of benzene rings is 2. The molecule has 0 spiro atoms. The van der Waals surface area contributed by atoms with Gasteiger partial charge in [0.25, 0.3) is 15.6 Å². The van der Waals surface area contributed by atoms with E-state index in [1.54, 1.807) is 13.0 Å². The van der Waals surface area contributed by atoms with E-state index in [9.17, 15) is 23.1 Å². The van der Waals surface area contributed by atoms with Gasteiger partial charge in [-0.25, -0.2) is 13.2 Å². The number of hydrogen-bond donors (Lipinski definition) is 4. The highest BCUT2D eigenvalue weighted by Crippen LogP contribution is 2.28. The first kappa shape index (κ1) is 19.5. The smallest absolute Gasteiger partial charge is 0.340 e. The van der Waals surface area contributed by atoms with Crippen LogP contribution in [-0.2, 0) is 14.8 Å². The van der Waals surface area contributed by atoms with Gasteiger partial charge in [-0.05, 0) is 49.4 Å². The van der Waals surface area contributed by atoms with E-state index in [2.05, 4.69) is 14.7 Å². The molecule has 0 saturated carbocycles. The number of nitrogens with one attached hydrogen (secondary N) is 3. The monoisotopic (exact) mass is 427 g/mol. The third-order valence-corrected chi connectivity index (χ3v) is 5.94. The van der Waals surface area contributed by atoms with Gasteiger partial charge in [-0.2, -0.15) is 0 Å². The van der Waals surface area contributed by atoms with Crippen LogP contribution >= 0.6 is 0 Å². The van der Waals surface area contributed by atoms with Crippen molar-refractivity contribution >= 4 is 43.5 Å². The summed E-state index contributed by atoms with van der Waals surface area (Å²) in [7, 11) is -3.91. The molecule has 0 radical (unpaired) electrons. The van der Waals surface area contributed by atoms with Crippen LogP contribution in [0.1, 0.15) is 17.3 Å². The lowest BCUT2D eigenvalue weighted by atomic mass is 10.1. The van der Waals surface area contributed by atoms with E-state index < -0.39 is 21.6 Å². The SMILES string of the molecule is CCOC(=O)c1c[nH]c2c(=O)[nH]c3ccc(NS(=O)(=O)c4ccc(O)cc4)cc3c12. The molecule has 0 unspecified atom stereocenters. The van der Waals surface area contributed by atoms with E-state index in [4.69, 9.17) is 4.74 Å². The molecule has 9 nitrogen and oxygen atoms in total. The van der Waals surface area contributed by atoms with Crippen molar-refractivity contribution < 1.29 is 23.1 Å². The van der Waals surface area contributed by atoms with Gasteiger partial charge in [-0.3, -0.25) is 9.52 Å². The summed E-state index contributed by atoms with van der Waals surface area (Å²) in [5, 5.41) is 10.2. The summed E-state index contributed by atoms with van der Waals surface area (Å²) in [5.41, 5.74) is 0.626. The number of anilines is 1. The normalized spacial score (nSPS) is 11.6. The second kappa shape index (κ2) is 7.23. The zero-order valence-electron chi connectivity index (χ0n) is 15.7. The number of aromatic hydroxyl groups is 1. The molecule has 0 aliphatic heterocycles. The highest BCUT2D eigenvalue weighted by molar-refractivity contribution is 7.92. The summed E-state index contributed by atoms with van der Waals surface area (Å²) in [6.45, 7) is 1.85. The zero-order chi connectivity index (χ0) is 21.5. The van der Waals surface area contributed by atoms with Crippen molar-refractivity contribution in [1.29, 1.82) is 0 Å². The zero-order valence-corrected chi connectivity index (χ0v) is 16.5. The van der Waals surface area contributed by atoms with Gasteiger partial charge < -0.3 is 19.8 Å². The molecule has 0 fully saturated rings. The largest absolute Gasteiger partial charge is 0.508 e. The third kappa shape index (κ3) is 3.37. The van der Waals surface area contributed by atoms with Crippen LogP contribution in [0.4, 0.5) is 5.69 Å². The first-order chi connectivity index (χ1) is 14.3. The molecule has 30 heavy (non-hydrogen) atoms. The molecule has 0 amide bonds. The van der Waals surface area contributed by atoms with Crippen LogP contribution in [0, 0.1) is 0 Å². The maximum absolute atomic E-state index is 12.6.